The summed E-state index contributed by atoms with van der Waals surface area (Å²) in [5.74, 6) is 0.595. The fourth-order valence-electron chi connectivity index (χ4n) is 2.39. The molecule has 0 amide bonds. The van der Waals surface area contributed by atoms with Gasteiger partial charge in [0.15, 0.2) is 0 Å². The van der Waals surface area contributed by atoms with Gasteiger partial charge in [0, 0.05) is 30.7 Å². The molecule has 2 aromatic heterocycles. The number of aromatic nitrogens is 3. The van der Waals surface area contributed by atoms with Crippen molar-refractivity contribution in [3.05, 3.63) is 70.6 Å². The maximum Gasteiger partial charge on any atom is 0.337 e. The number of aryl methyl sites for hydroxylation is 1. The fourth-order valence-corrected chi connectivity index (χ4v) is 2.56. The normalized spacial score (nSPS) is 10.3. The summed E-state index contributed by atoms with van der Waals surface area (Å²) >= 11 is 6.22. The summed E-state index contributed by atoms with van der Waals surface area (Å²) in [6.07, 6.45) is 3.48. The van der Waals surface area contributed by atoms with Crippen molar-refractivity contribution in [2.24, 2.45) is 0 Å². The van der Waals surface area contributed by atoms with Gasteiger partial charge in [-0.3, -0.25) is 4.98 Å². The summed E-state index contributed by atoms with van der Waals surface area (Å²) in [6, 6.07) is 10.5. The Morgan fingerprint density at radius 3 is 2.67 bits per heavy atom. The average molecular weight is 384 g/mol. The van der Waals surface area contributed by atoms with Crippen LogP contribution in [0.5, 0.6) is 0 Å². The van der Waals surface area contributed by atoms with Crippen LogP contribution in [0.1, 0.15) is 21.6 Å². The van der Waals surface area contributed by atoms with Gasteiger partial charge in [0.05, 0.1) is 23.4 Å². The molecule has 0 atom stereocenters. The number of rotatable bonds is 6. The van der Waals surface area contributed by atoms with Crippen molar-refractivity contribution < 1.29 is 9.53 Å². The van der Waals surface area contributed by atoms with Crippen molar-refractivity contribution in [2.75, 3.05) is 17.7 Å². The molecule has 0 saturated heterocycles. The Morgan fingerprint density at radius 2 is 1.93 bits per heavy atom. The number of methoxy groups -OCH3 is 1. The molecule has 1 aromatic carbocycles. The van der Waals surface area contributed by atoms with Crippen LogP contribution in [0.25, 0.3) is 0 Å². The average Bonchev–Trinajstić information content (AvgIpc) is 2.68. The van der Waals surface area contributed by atoms with E-state index in [9.17, 15) is 4.79 Å². The maximum atomic E-state index is 11.7. The highest BCUT2D eigenvalue weighted by Crippen LogP contribution is 2.26. The van der Waals surface area contributed by atoms with Crippen molar-refractivity contribution in [3.63, 3.8) is 0 Å². The van der Waals surface area contributed by atoms with Crippen LogP contribution < -0.4 is 10.6 Å². The first-order chi connectivity index (χ1) is 13.0. The van der Waals surface area contributed by atoms with Gasteiger partial charge in [0.1, 0.15) is 5.82 Å². The Balaban J connectivity index is 1.79. The van der Waals surface area contributed by atoms with Gasteiger partial charge in [0.25, 0.3) is 0 Å². The second kappa shape index (κ2) is 8.46. The molecule has 0 unspecified atom stereocenters. The molecule has 3 rings (SSSR count). The number of nitrogens with one attached hydrogen (secondary N) is 2. The first-order valence-electron chi connectivity index (χ1n) is 8.18. The standard InChI is InChI=1S/C19H18ClN5O2/c1-12-9-17(22-11-13-5-7-21-8-6-13)25-19(23-12)24-16-10-14(18(26)27-2)3-4-15(16)20/h3-10H,11H2,1-2H3,(H2,22,23,24,25). The van der Waals surface area contributed by atoms with E-state index in [1.165, 1.54) is 7.11 Å². The van der Waals surface area contributed by atoms with Gasteiger partial charge in [-0.25, -0.2) is 9.78 Å². The molecule has 138 valence electrons. The molecule has 0 bridgehead atoms. The van der Waals surface area contributed by atoms with Crippen molar-refractivity contribution in [1.29, 1.82) is 0 Å². The van der Waals surface area contributed by atoms with Crippen molar-refractivity contribution >= 4 is 35.0 Å². The number of ether oxygens (including phenoxy) is 1. The topological polar surface area (TPSA) is 89.0 Å². The number of pyridine rings is 1. The number of esters is 1. The van der Waals surface area contributed by atoms with E-state index < -0.39 is 5.97 Å². The van der Waals surface area contributed by atoms with E-state index in [2.05, 4.69) is 25.6 Å². The minimum Gasteiger partial charge on any atom is -0.465 e. The van der Waals surface area contributed by atoms with Crippen LogP contribution in [-0.4, -0.2) is 28.0 Å². The molecule has 0 fully saturated rings. The lowest BCUT2D eigenvalue weighted by Crippen LogP contribution is -2.07. The van der Waals surface area contributed by atoms with Gasteiger partial charge in [-0.2, -0.15) is 4.98 Å². The number of halogens is 1. The molecule has 8 heteroatoms. The number of hydrogen-bond acceptors (Lipinski definition) is 7. The SMILES string of the molecule is COC(=O)c1ccc(Cl)c(Nc2nc(C)cc(NCc3ccncc3)n2)c1. The highest BCUT2D eigenvalue weighted by Gasteiger charge is 2.11. The molecule has 0 saturated carbocycles. The lowest BCUT2D eigenvalue weighted by molar-refractivity contribution is 0.0601. The van der Waals surface area contributed by atoms with Crippen molar-refractivity contribution in [3.8, 4) is 0 Å². The Morgan fingerprint density at radius 1 is 1.15 bits per heavy atom. The third kappa shape index (κ3) is 4.92. The Kier molecular flexibility index (Phi) is 5.83. The quantitative estimate of drug-likeness (QED) is 0.622. The number of carbonyl (C=O) groups is 1. The van der Waals surface area contributed by atoms with Crippen molar-refractivity contribution in [2.45, 2.75) is 13.5 Å². The van der Waals surface area contributed by atoms with E-state index in [1.54, 1.807) is 30.6 Å². The molecule has 2 heterocycles. The van der Waals surface area contributed by atoms with Crippen molar-refractivity contribution in [1.82, 2.24) is 15.0 Å². The maximum absolute atomic E-state index is 11.7. The summed E-state index contributed by atoms with van der Waals surface area (Å²) in [5, 5.41) is 6.76. The Labute approximate surface area is 161 Å². The Hall–Kier alpha value is -3.19. The molecule has 3 aromatic rings. The number of carbonyl (C=O) groups excluding carboxylic acids is 1. The molecular formula is C19H18ClN5O2. The zero-order chi connectivity index (χ0) is 19.2. The van der Waals surface area contributed by atoms with E-state index in [1.807, 2.05) is 25.1 Å². The van der Waals surface area contributed by atoms with E-state index in [4.69, 9.17) is 16.3 Å². The molecule has 0 radical (unpaired) electrons. The van der Waals surface area contributed by atoms with E-state index in [0.29, 0.717) is 34.6 Å². The van der Waals surface area contributed by atoms with E-state index >= 15 is 0 Å². The Bertz CT molecular complexity index is 950. The number of anilines is 3. The monoisotopic (exact) mass is 383 g/mol. The zero-order valence-electron chi connectivity index (χ0n) is 14.9. The summed E-state index contributed by atoms with van der Waals surface area (Å²) in [5.41, 5.74) is 2.77. The predicted octanol–water partition coefficient (Wildman–Crippen LogP) is 3.98. The van der Waals surface area contributed by atoms with E-state index in [-0.39, 0.29) is 0 Å². The van der Waals surface area contributed by atoms with Gasteiger partial charge in [0.2, 0.25) is 5.95 Å². The second-order valence-corrected chi connectivity index (χ2v) is 6.15. The van der Waals surface area contributed by atoms with E-state index in [0.717, 1.165) is 11.3 Å². The summed E-state index contributed by atoms with van der Waals surface area (Å²) in [4.78, 5) is 24.5. The summed E-state index contributed by atoms with van der Waals surface area (Å²) < 4.78 is 4.74. The molecule has 0 aliphatic carbocycles. The molecule has 0 aliphatic heterocycles. The third-order valence-electron chi connectivity index (χ3n) is 3.71. The third-order valence-corrected chi connectivity index (χ3v) is 4.04. The first kappa shape index (κ1) is 18.6. The zero-order valence-corrected chi connectivity index (χ0v) is 15.6. The van der Waals surface area contributed by atoms with Crippen LogP contribution in [0, 0.1) is 6.92 Å². The molecular weight excluding hydrogens is 366 g/mol. The lowest BCUT2D eigenvalue weighted by Gasteiger charge is -2.12. The van der Waals surface area contributed by atoms with Gasteiger partial charge < -0.3 is 15.4 Å². The van der Waals surface area contributed by atoms with Gasteiger partial charge in [-0.1, -0.05) is 11.6 Å². The fraction of sp³-hybridized carbons (Fsp3) is 0.158. The molecule has 0 aliphatic rings. The molecule has 2 N–H and O–H groups in total. The first-order valence-corrected chi connectivity index (χ1v) is 8.56. The molecule has 27 heavy (non-hydrogen) atoms. The van der Waals surface area contributed by atoms with Crippen LogP contribution in [0.15, 0.2) is 48.8 Å². The molecule has 7 nitrogen and oxygen atoms in total. The largest absolute Gasteiger partial charge is 0.465 e. The number of hydrogen-bond donors (Lipinski definition) is 2. The van der Waals surface area contributed by atoms with Gasteiger partial charge >= 0.3 is 5.97 Å². The second-order valence-electron chi connectivity index (χ2n) is 5.74. The van der Waals surface area contributed by atoms with Crippen LogP contribution in [0.3, 0.4) is 0 Å². The van der Waals surface area contributed by atoms with Crippen LogP contribution in [-0.2, 0) is 11.3 Å². The van der Waals surface area contributed by atoms with Crippen LogP contribution >= 0.6 is 11.6 Å². The summed E-state index contributed by atoms with van der Waals surface area (Å²) in [7, 11) is 1.33. The number of benzene rings is 1. The lowest BCUT2D eigenvalue weighted by atomic mass is 10.2. The molecule has 0 spiro atoms. The van der Waals surface area contributed by atoms with Crippen LogP contribution in [0.4, 0.5) is 17.5 Å². The number of nitrogens with zero attached hydrogens (tertiary/aromatic N) is 3. The minimum atomic E-state index is -0.445. The smallest absolute Gasteiger partial charge is 0.337 e. The highest BCUT2D eigenvalue weighted by molar-refractivity contribution is 6.33. The van der Waals surface area contributed by atoms with Gasteiger partial charge in [-0.05, 0) is 42.8 Å². The van der Waals surface area contributed by atoms with Crippen LogP contribution in [0.2, 0.25) is 5.02 Å². The minimum absolute atomic E-state index is 0.371. The van der Waals surface area contributed by atoms with Gasteiger partial charge in [-0.15, -0.1) is 0 Å². The highest BCUT2D eigenvalue weighted by atomic mass is 35.5. The predicted molar refractivity (Wildman–Crippen MR) is 104 cm³/mol. The summed E-state index contributed by atoms with van der Waals surface area (Å²) in [6.45, 7) is 2.48.